The van der Waals surface area contributed by atoms with Gasteiger partial charge in [-0.2, -0.15) is 0 Å². The highest BCUT2D eigenvalue weighted by atomic mass is 19.2. The molecule has 2 rings (SSSR count). The minimum Gasteiger partial charge on any atom is -0.497 e. The van der Waals surface area contributed by atoms with Crippen LogP contribution in [0, 0.1) is 11.6 Å². The Bertz CT molecular complexity index is 799. The summed E-state index contributed by atoms with van der Waals surface area (Å²) in [6.45, 7) is 0.0354. The molecule has 0 aromatic heterocycles. The molecular weight excluding hydrogens is 346 g/mol. The van der Waals surface area contributed by atoms with E-state index in [0.29, 0.717) is 5.75 Å². The number of hydrogen-bond acceptors (Lipinski definition) is 4. The fourth-order valence-electron chi connectivity index (χ4n) is 2.21. The number of anilines is 1. The van der Waals surface area contributed by atoms with Crippen LogP contribution in [0.3, 0.4) is 0 Å². The van der Waals surface area contributed by atoms with Crippen LogP contribution in [0.4, 0.5) is 14.5 Å². The summed E-state index contributed by atoms with van der Waals surface area (Å²) in [5.41, 5.74) is 0.730. The largest absolute Gasteiger partial charge is 0.497 e. The van der Waals surface area contributed by atoms with Crippen molar-refractivity contribution >= 4 is 17.5 Å². The molecule has 0 spiro atoms. The summed E-state index contributed by atoms with van der Waals surface area (Å²) in [4.78, 5) is 23.7. The van der Waals surface area contributed by atoms with E-state index in [9.17, 15) is 18.4 Å². The first-order chi connectivity index (χ1) is 12.4. The number of carbonyl (C=O) groups excluding carboxylic acids is 2. The molecule has 26 heavy (non-hydrogen) atoms. The molecule has 6 nitrogen and oxygen atoms in total. The number of amides is 2. The molecular formula is C18H18F2N2O4. The van der Waals surface area contributed by atoms with Gasteiger partial charge in [-0.05, 0) is 29.8 Å². The summed E-state index contributed by atoms with van der Waals surface area (Å²) >= 11 is 0. The first-order valence-electron chi connectivity index (χ1n) is 7.65. The molecule has 138 valence electrons. The van der Waals surface area contributed by atoms with Crippen LogP contribution in [0.25, 0.3) is 0 Å². The maximum absolute atomic E-state index is 13.1. The average Bonchev–Trinajstić information content (AvgIpc) is 2.65. The van der Waals surface area contributed by atoms with Crippen LogP contribution < -0.4 is 15.4 Å². The second-order valence-corrected chi connectivity index (χ2v) is 5.29. The van der Waals surface area contributed by atoms with E-state index in [-0.39, 0.29) is 12.2 Å². The molecule has 0 aliphatic carbocycles. The number of methoxy groups -OCH3 is 2. The van der Waals surface area contributed by atoms with Gasteiger partial charge >= 0.3 is 11.8 Å². The zero-order valence-corrected chi connectivity index (χ0v) is 14.2. The molecule has 2 aromatic carbocycles. The lowest BCUT2D eigenvalue weighted by Crippen LogP contribution is -2.38. The Morgan fingerprint density at radius 3 is 2.46 bits per heavy atom. The highest BCUT2D eigenvalue weighted by Gasteiger charge is 2.18. The van der Waals surface area contributed by atoms with Crippen molar-refractivity contribution in [1.82, 2.24) is 5.32 Å². The number of carbonyl (C=O) groups is 2. The minimum atomic E-state index is -1.12. The molecule has 8 heteroatoms. The fraction of sp³-hybridized carbons (Fsp3) is 0.222. The van der Waals surface area contributed by atoms with Gasteiger partial charge in [0.15, 0.2) is 11.6 Å². The normalized spacial score (nSPS) is 11.5. The number of halogens is 2. The van der Waals surface area contributed by atoms with Gasteiger partial charge in [0.2, 0.25) is 0 Å². The summed E-state index contributed by atoms with van der Waals surface area (Å²) < 4.78 is 36.4. The van der Waals surface area contributed by atoms with Crippen molar-refractivity contribution < 1.29 is 27.8 Å². The molecule has 1 unspecified atom stereocenters. The monoisotopic (exact) mass is 364 g/mol. The average molecular weight is 364 g/mol. The summed E-state index contributed by atoms with van der Waals surface area (Å²) in [5.74, 6) is -3.47. The third-order valence-electron chi connectivity index (χ3n) is 3.58. The van der Waals surface area contributed by atoms with Crippen molar-refractivity contribution in [2.24, 2.45) is 0 Å². The lowest BCUT2D eigenvalue weighted by molar-refractivity contribution is -0.136. The predicted molar refractivity (Wildman–Crippen MR) is 90.7 cm³/mol. The number of rotatable bonds is 6. The van der Waals surface area contributed by atoms with Gasteiger partial charge in [-0.25, -0.2) is 8.78 Å². The lowest BCUT2D eigenvalue weighted by Gasteiger charge is -2.17. The van der Waals surface area contributed by atoms with Crippen molar-refractivity contribution in [1.29, 1.82) is 0 Å². The number of benzene rings is 2. The molecule has 2 aromatic rings. The zero-order valence-electron chi connectivity index (χ0n) is 14.2. The van der Waals surface area contributed by atoms with Gasteiger partial charge in [-0.15, -0.1) is 0 Å². The van der Waals surface area contributed by atoms with Crippen molar-refractivity contribution in [3.05, 3.63) is 59.7 Å². The molecule has 0 bridgehead atoms. The second kappa shape index (κ2) is 8.91. The van der Waals surface area contributed by atoms with E-state index in [1.54, 1.807) is 24.3 Å². The van der Waals surface area contributed by atoms with E-state index >= 15 is 0 Å². The molecule has 1 atom stereocenters. The standard InChI is InChI=1S/C18H18F2N2O4/c1-25-13-5-3-4-11(8-13)16(26-2)10-21-17(23)18(24)22-12-6-7-14(19)15(20)9-12/h3-9,16H,10H2,1-2H3,(H,21,23)(H,22,24). The van der Waals surface area contributed by atoms with Gasteiger partial charge in [-0.1, -0.05) is 12.1 Å². The molecule has 0 radical (unpaired) electrons. The molecule has 0 saturated heterocycles. The van der Waals surface area contributed by atoms with Crippen LogP contribution in [0.15, 0.2) is 42.5 Å². The van der Waals surface area contributed by atoms with Gasteiger partial charge in [0.25, 0.3) is 0 Å². The van der Waals surface area contributed by atoms with Crippen LogP contribution >= 0.6 is 0 Å². The van der Waals surface area contributed by atoms with Crippen LogP contribution in [0.1, 0.15) is 11.7 Å². The maximum Gasteiger partial charge on any atom is 0.313 e. The Balaban J connectivity index is 1.94. The summed E-state index contributed by atoms with van der Waals surface area (Å²) in [7, 11) is 3.00. The van der Waals surface area contributed by atoms with E-state index in [2.05, 4.69) is 10.6 Å². The molecule has 0 aliphatic rings. The van der Waals surface area contributed by atoms with Crippen LogP contribution in [0.2, 0.25) is 0 Å². The number of ether oxygens (including phenoxy) is 2. The zero-order chi connectivity index (χ0) is 19.1. The van der Waals surface area contributed by atoms with Crippen LogP contribution in [0.5, 0.6) is 5.75 Å². The molecule has 2 N–H and O–H groups in total. The lowest BCUT2D eigenvalue weighted by atomic mass is 10.1. The van der Waals surface area contributed by atoms with Gasteiger partial charge < -0.3 is 20.1 Å². The topological polar surface area (TPSA) is 76.7 Å². The van der Waals surface area contributed by atoms with Gasteiger partial charge in [-0.3, -0.25) is 9.59 Å². The van der Waals surface area contributed by atoms with Gasteiger partial charge in [0, 0.05) is 25.4 Å². The van der Waals surface area contributed by atoms with Gasteiger partial charge in [0.05, 0.1) is 13.2 Å². The summed E-state index contributed by atoms with van der Waals surface area (Å²) in [5, 5.41) is 4.62. The fourth-order valence-corrected chi connectivity index (χ4v) is 2.21. The first-order valence-corrected chi connectivity index (χ1v) is 7.65. The Hall–Kier alpha value is -3.00. The predicted octanol–water partition coefficient (Wildman–Crippen LogP) is 2.42. The second-order valence-electron chi connectivity index (χ2n) is 5.29. The summed E-state index contributed by atoms with van der Waals surface area (Å²) in [6, 6.07) is 9.88. The van der Waals surface area contributed by atoms with Crippen molar-refractivity contribution in [2.75, 3.05) is 26.1 Å². The molecule has 0 saturated carbocycles. The molecule has 0 fully saturated rings. The Morgan fingerprint density at radius 1 is 1.04 bits per heavy atom. The third-order valence-corrected chi connectivity index (χ3v) is 3.58. The highest BCUT2D eigenvalue weighted by molar-refractivity contribution is 6.39. The smallest absolute Gasteiger partial charge is 0.313 e. The first kappa shape index (κ1) is 19.3. The SMILES string of the molecule is COc1cccc(C(CNC(=O)C(=O)Nc2ccc(F)c(F)c2)OC)c1. The van der Waals surface area contributed by atoms with E-state index in [4.69, 9.17) is 9.47 Å². The number of nitrogens with one attached hydrogen (secondary N) is 2. The third kappa shape index (κ3) is 5.00. The van der Waals surface area contributed by atoms with Crippen molar-refractivity contribution in [3.63, 3.8) is 0 Å². The Labute approximate surface area is 149 Å². The minimum absolute atomic E-state index is 0.0277. The number of hydrogen-bond donors (Lipinski definition) is 2. The Kier molecular flexibility index (Phi) is 6.62. The van der Waals surface area contributed by atoms with Crippen LogP contribution in [-0.2, 0) is 14.3 Å². The maximum atomic E-state index is 13.1. The van der Waals surface area contributed by atoms with Gasteiger partial charge in [0.1, 0.15) is 5.75 Å². The molecule has 2 amide bonds. The van der Waals surface area contributed by atoms with Crippen molar-refractivity contribution in [3.8, 4) is 5.75 Å². The van der Waals surface area contributed by atoms with E-state index in [0.717, 1.165) is 23.8 Å². The molecule has 0 aliphatic heterocycles. The van der Waals surface area contributed by atoms with E-state index in [1.807, 2.05) is 0 Å². The van der Waals surface area contributed by atoms with E-state index in [1.165, 1.54) is 14.2 Å². The van der Waals surface area contributed by atoms with Crippen LogP contribution in [-0.4, -0.2) is 32.6 Å². The summed E-state index contributed by atoms with van der Waals surface area (Å²) in [6.07, 6.45) is -0.495. The van der Waals surface area contributed by atoms with E-state index < -0.39 is 29.6 Å². The quantitative estimate of drug-likeness (QED) is 0.772. The Morgan fingerprint density at radius 2 is 1.81 bits per heavy atom. The highest BCUT2D eigenvalue weighted by Crippen LogP contribution is 2.21. The molecule has 0 heterocycles. The van der Waals surface area contributed by atoms with Crippen molar-refractivity contribution in [2.45, 2.75) is 6.10 Å².